The molecule has 0 aliphatic heterocycles. The lowest BCUT2D eigenvalue weighted by atomic mass is 10.4. The number of hydrogen-bond acceptors (Lipinski definition) is 5. The molecule has 0 heterocycles. The molecule has 0 saturated heterocycles. The Bertz CT molecular complexity index is 281. The summed E-state index contributed by atoms with van der Waals surface area (Å²) in [6.07, 6.45) is 2.25. The zero-order chi connectivity index (χ0) is 10.4. The van der Waals surface area contributed by atoms with E-state index in [1.54, 1.807) is 6.26 Å². The van der Waals surface area contributed by atoms with Gasteiger partial charge in [-0.1, -0.05) is 18.2 Å². The Hall–Kier alpha value is -0.940. The van der Waals surface area contributed by atoms with E-state index in [0.717, 1.165) is 0 Å². The third-order valence-electron chi connectivity index (χ3n) is 1.07. The highest BCUT2D eigenvalue weighted by Crippen LogP contribution is 2.13. The van der Waals surface area contributed by atoms with Gasteiger partial charge < -0.3 is 11.5 Å². The largest absolute Gasteiger partial charge is 0.384 e. The van der Waals surface area contributed by atoms with Crippen molar-refractivity contribution in [2.75, 3.05) is 6.26 Å². The second kappa shape index (κ2) is 5.66. The zero-order valence-corrected chi connectivity index (χ0v) is 8.65. The van der Waals surface area contributed by atoms with E-state index < -0.39 is 0 Å². The van der Waals surface area contributed by atoms with Gasteiger partial charge in [0.1, 0.15) is 16.6 Å². The molecular weight excluding hydrogens is 210 g/mol. The first-order chi connectivity index (χ1) is 6.02. The van der Waals surface area contributed by atoms with E-state index in [0.29, 0.717) is 11.3 Å². The lowest BCUT2D eigenvalue weighted by Crippen LogP contribution is -2.15. The molecule has 0 atom stereocenters. The van der Waals surface area contributed by atoms with E-state index in [1.165, 1.54) is 11.8 Å². The van der Waals surface area contributed by atoms with Crippen molar-refractivity contribution in [2.45, 2.75) is 0 Å². The highest BCUT2D eigenvalue weighted by atomic mass is 35.5. The standard InChI is InChI=1S/C7H10ClN3OS/c1-4(13-2)11-5(3-12)6(8)7(9)10/h3H,1,9-10H2,2H3/b11-5-. The van der Waals surface area contributed by atoms with Crippen LogP contribution in [-0.4, -0.2) is 18.3 Å². The quantitative estimate of drug-likeness (QED) is 0.541. The molecule has 0 saturated carbocycles. The van der Waals surface area contributed by atoms with Gasteiger partial charge in [0, 0.05) is 0 Å². The van der Waals surface area contributed by atoms with Gasteiger partial charge >= 0.3 is 0 Å². The molecule has 0 amide bonds. The molecule has 6 heteroatoms. The second-order valence-electron chi connectivity index (χ2n) is 1.98. The second-order valence-corrected chi connectivity index (χ2v) is 3.24. The van der Waals surface area contributed by atoms with Crippen LogP contribution in [0.4, 0.5) is 0 Å². The normalized spacial score (nSPS) is 10.8. The minimum absolute atomic E-state index is 0.0129. The van der Waals surface area contributed by atoms with Gasteiger partial charge in [-0.3, -0.25) is 4.79 Å². The summed E-state index contributed by atoms with van der Waals surface area (Å²) in [6.45, 7) is 3.56. The molecule has 4 N–H and O–H groups in total. The summed E-state index contributed by atoms with van der Waals surface area (Å²) in [4.78, 5) is 14.3. The predicted molar refractivity (Wildman–Crippen MR) is 57.4 cm³/mol. The Morgan fingerprint density at radius 1 is 1.62 bits per heavy atom. The molecule has 0 aliphatic carbocycles. The van der Waals surface area contributed by atoms with E-state index in [4.69, 9.17) is 23.1 Å². The summed E-state index contributed by atoms with van der Waals surface area (Å²) in [5, 5.41) is 0.409. The number of carbonyl (C=O) groups excluding carboxylic acids is 1. The summed E-state index contributed by atoms with van der Waals surface area (Å²) in [5.74, 6) is -0.138. The minimum Gasteiger partial charge on any atom is -0.384 e. The van der Waals surface area contributed by atoms with Crippen molar-refractivity contribution >= 4 is 35.4 Å². The average molecular weight is 220 g/mol. The van der Waals surface area contributed by atoms with Gasteiger partial charge in [0.25, 0.3) is 0 Å². The van der Waals surface area contributed by atoms with Crippen molar-refractivity contribution < 1.29 is 4.79 Å². The number of allylic oxidation sites excluding steroid dienone is 1. The van der Waals surface area contributed by atoms with Crippen molar-refractivity contribution in [3.8, 4) is 0 Å². The van der Waals surface area contributed by atoms with Crippen molar-refractivity contribution in [3.63, 3.8) is 0 Å². The van der Waals surface area contributed by atoms with Crippen molar-refractivity contribution in [1.29, 1.82) is 0 Å². The monoisotopic (exact) mass is 219 g/mol. The number of aldehydes is 1. The maximum atomic E-state index is 10.5. The minimum atomic E-state index is -0.138. The van der Waals surface area contributed by atoms with Gasteiger partial charge in [-0.2, -0.15) is 0 Å². The van der Waals surface area contributed by atoms with Gasteiger partial charge in [-0.05, 0) is 6.26 Å². The first kappa shape index (κ1) is 12.1. The van der Waals surface area contributed by atoms with Crippen LogP contribution in [0, 0.1) is 0 Å². The molecule has 0 aliphatic rings. The molecule has 0 fully saturated rings. The molecule has 0 unspecified atom stereocenters. The lowest BCUT2D eigenvalue weighted by molar-refractivity contribution is -0.102. The topological polar surface area (TPSA) is 81.5 Å². The first-order valence-electron chi connectivity index (χ1n) is 3.20. The Morgan fingerprint density at radius 2 is 2.15 bits per heavy atom. The van der Waals surface area contributed by atoms with Crippen LogP contribution in [-0.2, 0) is 4.79 Å². The molecule has 72 valence electrons. The zero-order valence-electron chi connectivity index (χ0n) is 7.08. The van der Waals surface area contributed by atoms with Crippen molar-refractivity contribution in [3.05, 3.63) is 22.5 Å². The van der Waals surface area contributed by atoms with Crippen LogP contribution < -0.4 is 11.5 Å². The van der Waals surface area contributed by atoms with E-state index >= 15 is 0 Å². The van der Waals surface area contributed by atoms with Gasteiger partial charge in [-0.15, -0.1) is 11.8 Å². The number of thioether (sulfide) groups is 1. The van der Waals surface area contributed by atoms with Gasteiger partial charge in [0.05, 0.1) is 5.03 Å². The number of halogens is 1. The van der Waals surface area contributed by atoms with Crippen LogP contribution in [0.2, 0.25) is 0 Å². The molecule has 0 aromatic carbocycles. The Morgan fingerprint density at radius 3 is 2.46 bits per heavy atom. The van der Waals surface area contributed by atoms with Gasteiger partial charge in [0.2, 0.25) is 0 Å². The number of carbonyl (C=O) groups is 1. The molecule has 0 bridgehead atoms. The smallest absolute Gasteiger partial charge is 0.170 e. The number of rotatable bonds is 4. The van der Waals surface area contributed by atoms with Crippen LogP contribution in [0.15, 0.2) is 27.5 Å². The Kier molecular flexibility index (Phi) is 5.25. The summed E-state index contributed by atoms with van der Waals surface area (Å²) in [6, 6.07) is 0. The summed E-state index contributed by atoms with van der Waals surface area (Å²) in [7, 11) is 0. The number of aliphatic imine (C=N–C) groups is 1. The van der Waals surface area contributed by atoms with Crippen LogP contribution in [0.1, 0.15) is 0 Å². The van der Waals surface area contributed by atoms with E-state index in [2.05, 4.69) is 11.6 Å². The average Bonchev–Trinajstić information content (AvgIpc) is 2.12. The molecule has 13 heavy (non-hydrogen) atoms. The highest BCUT2D eigenvalue weighted by Gasteiger charge is 2.06. The number of hydrogen-bond donors (Lipinski definition) is 2. The molecule has 0 aromatic heterocycles. The third-order valence-corrected chi connectivity index (χ3v) is 2.05. The van der Waals surface area contributed by atoms with Crippen LogP contribution in [0.5, 0.6) is 0 Å². The van der Waals surface area contributed by atoms with E-state index in [-0.39, 0.29) is 16.6 Å². The molecule has 0 rings (SSSR count). The van der Waals surface area contributed by atoms with Crippen LogP contribution in [0.25, 0.3) is 0 Å². The first-order valence-corrected chi connectivity index (χ1v) is 4.81. The molecular formula is C7H10ClN3OS. The Labute approximate surface area is 85.7 Å². The fourth-order valence-electron chi connectivity index (χ4n) is 0.455. The maximum absolute atomic E-state index is 10.5. The van der Waals surface area contributed by atoms with Crippen molar-refractivity contribution in [1.82, 2.24) is 0 Å². The van der Waals surface area contributed by atoms with Crippen LogP contribution >= 0.6 is 23.4 Å². The molecule has 0 aromatic rings. The van der Waals surface area contributed by atoms with E-state index in [1.807, 2.05) is 0 Å². The van der Waals surface area contributed by atoms with E-state index in [9.17, 15) is 4.79 Å². The maximum Gasteiger partial charge on any atom is 0.170 e. The van der Waals surface area contributed by atoms with Gasteiger partial charge in [0.15, 0.2) is 6.29 Å². The number of nitrogens with two attached hydrogens (primary N) is 2. The number of nitrogens with zero attached hydrogens (tertiary/aromatic N) is 1. The SMILES string of the molecule is C=C(/N=C(/C=O)C(Cl)=C(N)N)SC. The Balaban J connectivity index is 4.92. The molecule has 0 radical (unpaired) electrons. The summed E-state index contributed by atoms with van der Waals surface area (Å²) < 4.78 is 0. The predicted octanol–water partition coefficient (Wildman–Crippen LogP) is 0.786. The molecule has 0 spiro atoms. The highest BCUT2D eigenvalue weighted by molar-refractivity contribution is 8.02. The van der Waals surface area contributed by atoms with Crippen LogP contribution in [0.3, 0.4) is 0 Å². The fraction of sp³-hybridized carbons (Fsp3) is 0.143. The van der Waals surface area contributed by atoms with Crippen molar-refractivity contribution in [2.24, 2.45) is 16.5 Å². The molecule has 4 nitrogen and oxygen atoms in total. The fourth-order valence-corrected chi connectivity index (χ4v) is 0.731. The summed E-state index contributed by atoms with van der Waals surface area (Å²) in [5.41, 5.74) is 10.3. The summed E-state index contributed by atoms with van der Waals surface area (Å²) >= 11 is 6.89. The van der Waals surface area contributed by atoms with Gasteiger partial charge in [-0.25, -0.2) is 4.99 Å². The third kappa shape index (κ3) is 4.00. The lowest BCUT2D eigenvalue weighted by Gasteiger charge is -1.99.